The van der Waals surface area contributed by atoms with E-state index in [1.807, 2.05) is 0 Å². The second-order valence-corrected chi connectivity index (χ2v) is 8.38. The molecule has 1 aromatic carbocycles. The Bertz CT molecular complexity index is 1270. The zero-order valence-corrected chi connectivity index (χ0v) is 16.6. The van der Waals surface area contributed by atoms with Crippen molar-refractivity contribution in [3.05, 3.63) is 52.6 Å². The first-order chi connectivity index (χ1) is 15.2. The average Bonchev–Trinajstić information content (AvgIpc) is 3.25. The van der Waals surface area contributed by atoms with Crippen LogP contribution < -0.4 is 5.73 Å². The third kappa shape index (κ3) is 2.43. The van der Waals surface area contributed by atoms with E-state index in [9.17, 15) is 34.8 Å². The Kier molecular flexibility index (Phi) is 4.09. The molecule has 5 rings (SSSR count). The predicted molar refractivity (Wildman–Crippen MR) is 109 cm³/mol. The highest BCUT2D eigenvalue weighted by molar-refractivity contribution is 6.22. The fraction of sp³-hybridized carbons (Fsp3) is 0.273. The summed E-state index contributed by atoms with van der Waals surface area (Å²) in [5.74, 6) is -6.44. The van der Waals surface area contributed by atoms with Gasteiger partial charge in [-0.15, -0.1) is 0 Å². The van der Waals surface area contributed by atoms with Crippen LogP contribution in [0.1, 0.15) is 24.0 Å². The van der Waals surface area contributed by atoms with Gasteiger partial charge >= 0.3 is 0 Å². The molecule has 32 heavy (non-hydrogen) atoms. The van der Waals surface area contributed by atoms with Crippen LogP contribution in [-0.4, -0.2) is 53.7 Å². The number of rotatable bonds is 2. The van der Waals surface area contributed by atoms with E-state index in [0.29, 0.717) is 11.1 Å². The van der Waals surface area contributed by atoms with Crippen LogP contribution >= 0.6 is 0 Å². The first-order valence-electron chi connectivity index (χ1n) is 9.97. The molecule has 0 radical (unpaired) electrons. The minimum atomic E-state index is -2.56. The second kappa shape index (κ2) is 6.54. The van der Waals surface area contributed by atoms with E-state index in [2.05, 4.69) is 10.2 Å². The number of carbonyl (C=O) groups excluding carboxylic acids is 3. The molecule has 10 heteroatoms. The molecule has 3 unspecified atom stereocenters. The molecule has 1 saturated carbocycles. The van der Waals surface area contributed by atoms with Crippen molar-refractivity contribution < 1.29 is 34.8 Å². The number of hydrogen-bond acceptors (Lipinski definition) is 8. The number of amides is 1. The Hall–Kier alpha value is -3.92. The van der Waals surface area contributed by atoms with Gasteiger partial charge in [-0.2, -0.15) is 5.10 Å². The number of aliphatic hydroxyl groups is 3. The van der Waals surface area contributed by atoms with E-state index in [4.69, 9.17) is 5.73 Å². The van der Waals surface area contributed by atoms with Gasteiger partial charge in [0.25, 0.3) is 5.91 Å². The lowest BCUT2D eigenvalue weighted by Gasteiger charge is -2.46. The van der Waals surface area contributed by atoms with Gasteiger partial charge in [0.15, 0.2) is 11.4 Å². The summed E-state index contributed by atoms with van der Waals surface area (Å²) in [4.78, 5) is 37.5. The van der Waals surface area contributed by atoms with Crippen molar-refractivity contribution >= 4 is 23.2 Å². The number of nitrogens with one attached hydrogen (secondary N) is 1. The highest BCUT2D eigenvalue weighted by Crippen LogP contribution is 2.52. The van der Waals surface area contributed by atoms with Crippen LogP contribution in [0, 0.1) is 11.8 Å². The number of carbonyl (C=O) groups is 3. The number of aromatic nitrogens is 2. The number of H-pyrrole nitrogens is 1. The monoisotopic (exact) mass is 437 g/mol. The number of fused-ring (bicyclic) bond motifs is 3. The number of phenols is 1. The van der Waals surface area contributed by atoms with E-state index in [0.717, 1.165) is 5.56 Å². The summed E-state index contributed by atoms with van der Waals surface area (Å²) in [5.41, 5.74) is 3.70. The molecule has 1 fully saturated rings. The number of nitrogens with two attached hydrogens (primary N) is 1. The van der Waals surface area contributed by atoms with E-state index in [1.165, 1.54) is 6.07 Å². The van der Waals surface area contributed by atoms with Crippen molar-refractivity contribution in [3.8, 4) is 16.9 Å². The van der Waals surface area contributed by atoms with Gasteiger partial charge in [0, 0.05) is 29.7 Å². The van der Waals surface area contributed by atoms with E-state index < -0.39 is 52.0 Å². The lowest BCUT2D eigenvalue weighted by Crippen LogP contribution is -2.58. The number of Topliss-reactive ketones (excluding diaryl/α,β-unsaturated/α-hetero) is 2. The molecule has 1 heterocycles. The van der Waals surface area contributed by atoms with E-state index in [1.54, 1.807) is 18.5 Å². The lowest BCUT2D eigenvalue weighted by molar-refractivity contribution is -0.147. The molecule has 3 atom stereocenters. The molecule has 1 amide bonds. The van der Waals surface area contributed by atoms with Gasteiger partial charge in [0.1, 0.15) is 22.8 Å². The van der Waals surface area contributed by atoms with Gasteiger partial charge in [0.05, 0.1) is 11.8 Å². The van der Waals surface area contributed by atoms with Crippen molar-refractivity contribution in [2.45, 2.75) is 24.9 Å². The molecule has 1 aromatic heterocycles. The van der Waals surface area contributed by atoms with Gasteiger partial charge in [-0.3, -0.25) is 19.5 Å². The van der Waals surface area contributed by atoms with Crippen LogP contribution in [0.15, 0.2) is 41.4 Å². The summed E-state index contributed by atoms with van der Waals surface area (Å²) in [7, 11) is 0. The fourth-order valence-electron chi connectivity index (χ4n) is 5.29. The number of nitrogens with zero attached hydrogens (tertiary/aromatic N) is 1. The van der Waals surface area contributed by atoms with Gasteiger partial charge in [-0.05, 0) is 36.0 Å². The summed E-state index contributed by atoms with van der Waals surface area (Å²) in [6.07, 6.45) is 3.21. The van der Waals surface area contributed by atoms with Crippen LogP contribution in [0.5, 0.6) is 5.75 Å². The number of hydrogen-bond donors (Lipinski definition) is 6. The van der Waals surface area contributed by atoms with Crippen LogP contribution in [0.2, 0.25) is 0 Å². The molecular weight excluding hydrogens is 418 g/mol. The first-order valence-corrected chi connectivity index (χ1v) is 9.97. The first kappa shape index (κ1) is 20.0. The van der Waals surface area contributed by atoms with E-state index in [-0.39, 0.29) is 36.1 Å². The smallest absolute Gasteiger partial charge is 0.255 e. The Morgan fingerprint density at radius 1 is 1.19 bits per heavy atom. The number of ketones is 2. The van der Waals surface area contributed by atoms with Gasteiger partial charge < -0.3 is 26.2 Å². The number of aliphatic hydroxyl groups excluding tert-OH is 2. The molecule has 2 aromatic rings. The number of aromatic hydroxyl groups is 1. The van der Waals surface area contributed by atoms with Crippen molar-refractivity contribution in [1.82, 2.24) is 10.2 Å². The molecular formula is C22H19N3O7. The predicted octanol–water partition coefficient (Wildman–Crippen LogP) is 0.814. The Morgan fingerprint density at radius 2 is 1.94 bits per heavy atom. The molecule has 0 aliphatic heterocycles. The van der Waals surface area contributed by atoms with Crippen LogP contribution in [0.25, 0.3) is 16.9 Å². The van der Waals surface area contributed by atoms with Crippen molar-refractivity contribution in [2.75, 3.05) is 0 Å². The lowest BCUT2D eigenvalue weighted by atomic mass is 9.59. The summed E-state index contributed by atoms with van der Waals surface area (Å²) in [6.45, 7) is 0. The molecule has 3 aliphatic rings. The molecule has 0 spiro atoms. The molecule has 3 aliphatic carbocycles. The topological polar surface area (TPSA) is 187 Å². The summed E-state index contributed by atoms with van der Waals surface area (Å²) < 4.78 is 0. The number of primary amides is 1. The maximum absolute atomic E-state index is 13.4. The minimum Gasteiger partial charge on any atom is -0.508 e. The van der Waals surface area contributed by atoms with Gasteiger partial charge in [0.2, 0.25) is 5.78 Å². The second-order valence-electron chi connectivity index (χ2n) is 8.38. The van der Waals surface area contributed by atoms with Gasteiger partial charge in [-0.1, -0.05) is 6.07 Å². The third-order valence-electron chi connectivity index (χ3n) is 6.76. The fourth-order valence-corrected chi connectivity index (χ4v) is 5.29. The van der Waals surface area contributed by atoms with Gasteiger partial charge in [-0.25, -0.2) is 0 Å². The summed E-state index contributed by atoms with van der Waals surface area (Å²) in [6, 6.07) is 3.06. The maximum atomic E-state index is 13.4. The minimum absolute atomic E-state index is 0.0517. The Balaban J connectivity index is 1.72. The molecule has 10 nitrogen and oxygen atoms in total. The van der Waals surface area contributed by atoms with Crippen molar-refractivity contribution in [1.29, 1.82) is 0 Å². The van der Waals surface area contributed by atoms with Crippen LogP contribution in [-0.2, 0) is 20.8 Å². The zero-order valence-electron chi connectivity index (χ0n) is 16.6. The van der Waals surface area contributed by atoms with Crippen molar-refractivity contribution in [3.63, 3.8) is 0 Å². The SMILES string of the molecule is NC(=O)C1=C(O)C2(O)C(=O)C3=C(O)c4c(O)ccc(-c5cn[nH]c5)c4CC3CC2CC1=O. The standard InChI is InChI=1S/C22H19N3O7/c23-21(31)17-14(27)5-10-3-8-4-12-11(9-6-24-25-7-9)1-2-13(26)16(12)18(28)15(8)19(29)22(10,32)20(17)30/h1-2,6-8,10,26,28,30,32H,3-5H2,(H2,23,31)(H,24,25). The number of benzene rings is 1. The highest BCUT2D eigenvalue weighted by Gasteiger charge is 2.60. The highest BCUT2D eigenvalue weighted by atomic mass is 16.3. The third-order valence-corrected chi connectivity index (χ3v) is 6.76. The molecule has 164 valence electrons. The summed E-state index contributed by atoms with van der Waals surface area (Å²) >= 11 is 0. The average molecular weight is 437 g/mol. The maximum Gasteiger partial charge on any atom is 0.255 e. The zero-order chi connectivity index (χ0) is 22.9. The van der Waals surface area contributed by atoms with Crippen molar-refractivity contribution in [2.24, 2.45) is 17.6 Å². The molecule has 0 bridgehead atoms. The van der Waals surface area contributed by atoms with E-state index >= 15 is 0 Å². The quantitative estimate of drug-likeness (QED) is 0.372. The largest absolute Gasteiger partial charge is 0.508 e. The Labute approximate surface area is 180 Å². The number of aromatic amines is 1. The molecule has 0 saturated heterocycles. The number of phenolic OH excluding ortho intramolecular Hbond substituents is 1. The molecule has 7 N–H and O–H groups in total. The van der Waals surface area contributed by atoms with Crippen LogP contribution in [0.4, 0.5) is 0 Å². The van der Waals surface area contributed by atoms with Crippen LogP contribution in [0.3, 0.4) is 0 Å². The Morgan fingerprint density at radius 3 is 2.59 bits per heavy atom. The normalized spacial score (nSPS) is 27.2. The summed E-state index contributed by atoms with van der Waals surface area (Å²) in [5, 5.41) is 49.9.